The summed E-state index contributed by atoms with van der Waals surface area (Å²) in [5.41, 5.74) is 2.31. The van der Waals surface area contributed by atoms with Crippen molar-refractivity contribution in [2.75, 3.05) is 13.2 Å². The highest BCUT2D eigenvalue weighted by molar-refractivity contribution is 5.95. The summed E-state index contributed by atoms with van der Waals surface area (Å²) in [4.78, 5) is 24.5. The van der Waals surface area contributed by atoms with Gasteiger partial charge in [-0.3, -0.25) is 4.79 Å². The molecule has 1 saturated heterocycles. The van der Waals surface area contributed by atoms with Gasteiger partial charge in [0.2, 0.25) is 0 Å². The molecule has 1 atom stereocenters. The van der Waals surface area contributed by atoms with Crippen LogP contribution in [0.4, 0.5) is 4.39 Å². The highest BCUT2D eigenvalue weighted by atomic mass is 19.1. The molecule has 0 radical (unpaired) electrons. The summed E-state index contributed by atoms with van der Waals surface area (Å²) in [6.45, 7) is 3.21. The van der Waals surface area contributed by atoms with Crippen molar-refractivity contribution in [2.45, 2.75) is 51.5 Å². The average molecular weight is 423 g/mol. The predicted octanol–water partition coefficient (Wildman–Crippen LogP) is 4.20. The number of hydrogen-bond acceptors (Lipinski definition) is 4. The lowest BCUT2D eigenvalue weighted by Crippen LogP contribution is -2.45. The van der Waals surface area contributed by atoms with E-state index in [9.17, 15) is 9.18 Å². The Bertz CT molecular complexity index is 1110. The van der Waals surface area contributed by atoms with Gasteiger partial charge in [-0.2, -0.15) is 0 Å². The summed E-state index contributed by atoms with van der Waals surface area (Å²) in [7, 11) is 0. The quantitative estimate of drug-likeness (QED) is 0.597. The molecule has 7 heteroatoms. The molecule has 5 rings (SSSR count). The van der Waals surface area contributed by atoms with Gasteiger partial charge in [-0.05, 0) is 69.2 Å². The van der Waals surface area contributed by atoms with E-state index in [0.717, 1.165) is 30.7 Å². The number of aromatic nitrogens is 3. The number of ether oxygens (including phenoxy) is 1. The Labute approximate surface area is 181 Å². The molecule has 0 spiro atoms. The van der Waals surface area contributed by atoms with E-state index >= 15 is 0 Å². The number of nitrogens with zero attached hydrogens (tertiary/aromatic N) is 4. The molecule has 0 unspecified atom stereocenters. The molecule has 4 heterocycles. The van der Waals surface area contributed by atoms with E-state index in [1.54, 1.807) is 16.7 Å². The minimum Gasteiger partial charge on any atom is -0.491 e. The third-order valence-electron chi connectivity index (χ3n) is 6.19. The number of pyridine rings is 2. The maximum atomic E-state index is 14.1. The Hall–Kier alpha value is -2.96. The number of carbonyl (C=O) groups is 1. The van der Waals surface area contributed by atoms with Gasteiger partial charge in [0, 0.05) is 37.1 Å². The van der Waals surface area contributed by atoms with E-state index in [-0.39, 0.29) is 17.8 Å². The number of likely N-dealkylation sites (tertiary alicyclic amines) is 1. The molecule has 1 aliphatic carbocycles. The summed E-state index contributed by atoms with van der Waals surface area (Å²) < 4.78 is 21.7. The van der Waals surface area contributed by atoms with E-state index in [1.807, 2.05) is 30.2 Å². The highest BCUT2D eigenvalue weighted by Crippen LogP contribution is 2.31. The van der Waals surface area contributed by atoms with Gasteiger partial charge in [0.1, 0.15) is 0 Å². The van der Waals surface area contributed by atoms with Crippen molar-refractivity contribution in [2.24, 2.45) is 5.92 Å². The molecule has 162 valence electrons. The third-order valence-corrected chi connectivity index (χ3v) is 6.19. The van der Waals surface area contributed by atoms with Gasteiger partial charge in [0.25, 0.3) is 5.91 Å². The Morgan fingerprint density at radius 3 is 2.87 bits per heavy atom. The van der Waals surface area contributed by atoms with Crippen LogP contribution in [0.3, 0.4) is 0 Å². The topological polar surface area (TPSA) is 59.7 Å². The molecular formula is C24H27FN4O2. The van der Waals surface area contributed by atoms with Crippen LogP contribution < -0.4 is 4.74 Å². The molecule has 1 amide bonds. The fourth-order valence-electron chi connectivity index (χ4n) is 4.29. The Morgan fingerprint density at radius 1 is 1.19 bits per heavy atom. The fraction of sp³-hybridized carbons (Fsp3) is 0.458. The number of carbonyl (C=O) groups excluding carboxylic acids is 1. The van der Waals surface area contributed by atoms with Gasteiger partial charge in [-0.15, -0.1) is 0 Å². The maximum Gasteiger partial charge on any atom is 0.276 e. The van der Waals surface area contributed by atoms with Crippen molar-refractivity contribution in [3.8, 4) is 5.75 Å². The largest absolute Gasteiger partial charge is 0.491 e. The molecular weight excluding hydrogens is 395 g/mol. The summed E-state index contributed by atoms with van der Waals surface area (Å²) in [5.74, 6) is 0.741. The lowest BCUT2D eigenvalue weighted by molar-refractivity contribution is 0.0601. The van der Waals surface area contributed by atoms with Crippen LogP contribution in [0.1, 0.15) is 54.0 Å². The molecule has 3 aromatic rings. The second-order valence-corrected chi connectivity index (χ2v) is 8.73. The second kappa shape index (κ2) is 8.29. The van der Waals surface area contributed by atoms with Gasteiger partial charge in [-0.25, -0.2) is 14.4 Å². The molecule has 1 saturated carbocycles. The van der Waals surface area contributed by atoms with Crippen molar-refractivity contribution >= 4 is 11.6 Å². The van der Waals surface area contributed by atoms with Crippen LogP contribution in [0.25, 0.3) is 5.65 Å². The Kier molecular flexibility index (Phi) is 5.34. The van der Waals surface area contributed by atoms with Gasteiger partial charge >= 0.3 is 0 Å². The SMILES string of the molecule is Cc1ccc(OCC2CC2)c(C(=O)N2CCCC[C@H]2Cc2cn3cccc(F)c3n2)n1. The average Bonchev–Trinajstić information content (AvgIpc) is 3.51. The van der Waals surface area contributed by atoms with E-state index in [2.05, 4.69) is 9.97 Å². The smallest absolute Gasteiger partial charge is 0.276 e. The van der Waals surface area contributed by atoms with Gasteiger partial charge < -0.3 is 14.0 Å². The zero-order chi connectivity index (χ0) is 21.4. The lowest BCUT2D eigenvalue weighted by Gasteiger charge is -2.35. The lowest BCUT2D eigenvalue weighted by atomic mass is 9.97. The van der Waals surface area contributed by atoms with Crippen molar-refractivity contribution in [1.29, 1.82) is 0 Å². The monoisotopic (exact) mass is 422 g/mol. The van der Waals surface area contributed by atoms with Gasteiger partial charge in [0.05, 0.1) is 12.3 Å². The standard InChI is InChI=1S/C24H27FN4O2/c1-16-7-10-21(31-15-17-8-9-17)22(26-16)24(30)29-12-3-2-5-19(29)13-18-14-28-11-4-6-20(25)23(28)27-18/h4,6-7,10-11,14,17,19H,2-3,5,8-9,12-13,15H2,1H3/t19-/m0/s1. The number of amides is 1. The molecule has 2 fully saturated rings. The van der Waals surface area contributed by atoms with E-state index in [1.165, 1.54) is 18.9 Å². The molecule has 1 aliphatic heterocycles. The molecule has 0 aromatic carbocycles. The zero-order valence-electron chi connectivity index (χ0n) is 17.8. The Balaban J connectivity index is 1.39. The second-order valence-electron chi connectivity index (χ2n) is 8.73. The van der Waals surface area contributed by atoms with Crippen LogP contribution in [0.5, 0.6) is 5.75 Å². The number of piperidine rings is 1. The first-order chi connectivity index (χ1) is 15.1. The molecule has 3 aromatic heterocycles. The first-order valence-electron chi connectivity index (χ1n) is 11.1. The molecule has 2 aliphatic rings. The van der Waals surface area contributed by atoms with Crippen LogP contribution in [-0.2, 0) is 6.42 Å². The highest BCUT2D eigenvalue weighted by Gasteiger charge is 2.31. The first-order valence-corrected chi connectivity index (χ1v) is 11.1. The van der Waals surface area contributed by atoms with E-state index in [0.29, 0.717) is 42.6 Å². The number of halogens is 1. The number of rotatable bonds is 6. The zero-order valence-corrected chi connectivity index (χ0v) is 17.8. The molecule has 6 nitrogen and oxygen atoms in total. The fourth-order valence-corrected chi connectivity index (χ4v) is 4.29. The van der Waals surface area contributed by atoms with Crippen molar-refractivity contribution in [1.82, 2.24) is 19.3 Å². The van der Waals surface area contributed by atoms with Crippen LogP contribution in [-0.4, -0.2) is 44.4 Å². The van der Waals surface area contributed by atoms with E-state index < -0.39 is 0 Å². The van der Waals surface area contributed by atoms with Crippen LogP contribution in [0.15, 0.2) is 36.7 Å². The predicted molar refractivity (Wildman–Crippen MR) is 115 cm³/mol. The third kappa shape index (κ3) is 4.27. The molecule has 0 bridgehead atoms. The van der Waals surface area contributed by atoms with Crippen molar-refractivity contribution < 1.29 is 13.9 Å². The summed E-state index contributed by atoms with van der Waals surface area (Å²) in [6, 6.07) is 6.83. The van der Waals surface area contributed by atoms with Crippen molar-refractivity contribution in [3.63, 3.8) is 0 Å². The summed E-state index contributed by atoms with van der Waals surface area (Å²) >= 11 is 0. The number of imidazole rings is 1. The number of fused-ring (bicyclic) bond motifs is 1. The van der Waals surface area contributed by atoms with E-state index in [4.69, 9.17) is 4.74 Å². The van der Waals surface area contributed by atoms with Gasteiger partial charge in [-0.1, -0.05) is 0 Å². The molecule has 31 heavy (non-hydrogen) atoms. The minimum absolute atomic E-state index is 0.00724. The van der Waals surface area contributed by atoms with Crippen molar-refractivity contribution in [3.05, 3.63) is 59.6 Å². The number of aryl methyl sites for hydroxylation is 1. The van der Waals surface area contributed by atoms with Crippen LogP contribution >= 0.6 is 0 Å². The Morgan fingerprint density at radius 2 is 2.06 bits per heavy atom. The van der Waals surface area contributed by atoms with Gasteiger partial charge in [0.15, 0.2) is 22.9 Å². The van der Waals surface area contributed by atoms with Crippen LogP contribution in [0, 0.1) is 18.7 Å². The molecule has 0 N–H and O–H groups in total. The normalized spacial score (nSPS) is 19.0. The summed E-state index contributed by atoms with van der Waals surface area (Å²) in [5, 5.41) is 0. The maximum absolute atomic E-state index is 14.1. The number of hydrogen-bond donors (Lipinski definition) is 0. The van der Waals surface area contributed by atoms with Crippen LogP contribution in [0.2, 0.25) is 0 Å². The minimum atomic E-state index is -0.341. The summed E-state index contributed by atoms with van der Waals surface area (Å²) in [6.07, 6.45) is 9.54. The first kappa shape index (κ1) is 20.0.